The van der Waals surface area contributed by atoms with Crippen molar-refractivity contribution < 1.29 is 23.7 Å². The number of ether oxygens (including phenoxy) is 1. The second kappa shape index (κ2) is 9.18. The van der Waals surface area contributed by atoms with Gasteiger partial charge in [-0.1, -0.05) is 6.92 Å². The molecular formula is C17H20ClN3O6S. The number of nitro groups is 1. The lowest BCUT2D eigenvalue weighted by Gasteiger charge is -2.25. The maximum atomic E-state index is 12.5. The molecular weight excluding hydrogens is 410 g/mol. The Bertz CT molecular complexity index is 894. The number of esters is 1. The number of carbonyl (C=O) groups is 2. The van der Waals surface area contributed by atoms with Gasteiger partial charge in [0.1, 0.15) is 9.92 Å². The normalized spacial score (nSPS) is 13.4. The van der Waals surface area contributed by atoms with E-state index in [0.717, 1.165) is 29.6 Å². The lowest BCUT2D eigenvalue weighted by Crippen LogP contribution is -2.30. The molecule has 0 aliphatic carbocycles. The van der Waals surface area contributed by atoms with Gasteiger partial charge in [0.2, 0.25) is 0 Å². The predicted octanol–water partition coefficient (Wildman–Crippen LogP) is 3.48. The van der Waals surface area contributed by atoms with Gasteiger partial charge in [-0.15, -0.1) is 23.7 Å². The second-order valence-electron chi connectivity index (χ2n) is 5.90. The third kappa shape index (κ3) is 4.34. The molecule has 2 aromatic heterocycles. The summed E-state index contributed by atoms with van der Waals surface area (Å²) in [6.07, 6.45) is 0.690. The molecule has 152 valence electrons. The van der Waals surface area contributed by atoms with E-state index in [9.17, 15) is 19.7 Å². The molecule has 0 spiro atoms. The van der Waals surface area contributed by atoms with Gasteiger partial charge < -0.3 is 14.5 Å². The largest absolute Gasteiger partial charge is 0.462 e. The van der Waals surface area contributed by atoms with Gasteiger partial charge in [-0.3, -0.25) is 19.8 Å². The van der Waals surface area contributed by atoms with Crippen LogP contribution in [0.2, 0.25) is 0 Å². The molecule has 28 heavy (non-hydrogen) atoms. The van der Waals surface area contributed by atoms with Crippen molar-refractivity contribution in [3.8, 4) is 0 Å². The minimum atomic E-state index is -0.718. The van der Waals surface area contributed by atoms with Crippen LogP contribution < -0.4 is 5.32 Å². The molecule has 9 nitrogen and oxygen atoms in total. The highest BCUT2D eigenvalue weighted by Crippen LogP contribution is 2.38. The van der Waals surface area contributed by atoms with Gasteiger partial charge in [0.25, 0.3) is 5.91 Å². The van der Waals surface area contributed by atoms with Gasteiger partial charge in [0.05, 0.1) is 18.2 Å². The van der Waals surface area contributed by atoms with Crippen molar-refractivity contribution in [3.63, 3.8) is 0 Å². The summed E-state index contributed by atoms with van der Waals surface area (Å²) in [7, 11) is 0. The van der Waals surface area contributed by atoms with Crippen molar-refractivity contribution in [2.24, 2.45) is 0 Å². The van der Waals surface area contributed by atoms with E-state index >= 15 is 0 Å². The summed E-state index contributed by atoms with van der Waals surface area (Å²) in [6, 6.07) is 2.34. The molecule has 0 aromatic carbocycles. The lowest BCUT2D eigenvalue weighted by molar-refractivity contribution is -0.402. The van der Waals surface area contributed by atoms with Gasteiger partial charge >= 0.3 is 11.9 Å². The average molecular weight is 430 g/mol. The zero-order valence-electron chi connectivity index (χ0n) is 15.4. The van der Waals surface area contributed by atoms with E-state index in [1.807, 2.05) is 0 Å². The van der Waals surface area contributed by atoms with Crippen molar-refractivity contribution in [2.45, 2.75) is 26.8 Å². The third-order valence-electron chi connectivity index (χ3n) is 4.29. The van der Waals surface area contributed by atoms with E-state index < -0.39 is 22.7 Å². The Hall–Kier alpha value is -2.43. The van der Waals surface area contributed by atoms with Crippen LogP contribution in [-0.4, -0.2) is 41.4 Å². The van der Waals surface area contributed by atoms with Crippen LogP contribution in [0.25, 0.3) is 0 Å². The van der Waals surface area contributed by atoms with Crippen molar-refractivity contribution in [1.29, 1.82) is 0 Å². The smallest absolute Gasteiger partial charge is 0.433 e. The number of carbonyl (C=O) groups excluding carboxylic acids is 2. The quantitative estimate of drug-likeness (QED) is 0.424. The Morgan fingerprint density at radius 1 is 1.39 bits per heavy atom. The number of hydrogen-bond donors (Lipinski definition) is 1. The molecule has 1 amide bonds. The summed E-state index contributed by atoms with van der Waals surface area (Å²) in [4.78, 5) is 38.2. The van der Waals surface area contributed by atoms with Crippen LogP contribution in [0.3, 0.4) is 0 Å². The first-order chi connectivity index (χ1) is 12.9. The van der Waals surface area contributed by atoms with E-state index in [0.29, 0.717) is 23.5 Å². The first kappa shape index (κ1) is 21.9. The molecule has 11 heteroatoms. The predicted molar refractivity (Wildman–Crippen MR) is 105 cm³/mol. The van der Waals surface area contributed by atoms with Crippen LogP contribution >= 0.6 is 23.7 Å². The van der Waals surface area contributed by atoms with Crippen LogP contribution in [0.15, 0.2) is 16.5 Å². The molecule has 3 rings (SSSR count). The minimum absolute atomic E-state index is 0. The second-order valence-corrected chi connectivity index (χ2v) is 7.00. The standard InChI is InChI=1S/C17H19N3O6S.ClH/c1-3-19-8-7-10-12(9-19)27-16(14(10)17(22)25-4-2)18-15(21)11-5-6-13(26-11)20(23)24;/h5-6H,3-4,7-9H2,1-2H3,(H,18,21);1H. The lowest BCUT2D eigenvalue weighted by atomic mass is 10.0. The number of nitrogens with one attached hydrogen (secondary N) is 1. The first-order valence-electron chi connectivity index (χ1n) is 8.54. The number of amides is 1. The van der Waals surface area contributed by atoms with Gasteiger partial charge in [0.15, 0.2) is 5.76 Å². The molecule has 0 fully saturated rings. The highest BCUT2D eigenvalue weighted by molar-refractivity contribution is 7.17. The Morgan fingerprint density at radius 2 is 2.14 bits per heavy atom. The first-order valence-corrected chi connectivity index (χ1v) is 9.35. The number of anilines is 1. The zero-order chi connectivity index (χ0) is 19.6. The van der Waals surface area contributed by atoms with Crippen molar-refractivity contribution in [2.75, 3.05) is 25.0 Å². The van der Waals surface area contributed by atoms with Gasteiger partial charge in [-0.05, 0) is 31.5 Å². The molecule has 1 N–H and O–H groups in total. The summed E-state index contributed by atoms with van der Waals surface area (Å²) in [6.45, 7) is 6.43. The number of likely N-dealkylation sites (N-methyl/N-ethyl adjacent to an activating group) is 1. The molecule has 1 aliphatic heterocycles. The maximum absolute atomic E-state index is 12.5. The van der Waals surface area contributed by atoms with Crippen molar-refractivity contribution >= 4 is 46.5 Å². The van der Waals surface area contributed by atoms with Crippen molar-refractivity contribution in [1.82, 2.24) is 4.90 Å². The maximum Gasteiger partial charge on any atom is 0.433 e. The Morgan fingerprint density at radius 3 is 2.75 bits per heavy atom. The molecule has 0 radical (unpaired) electrons. The van der Waals surface area contributed by atoms with Crippen LogP contribution in [0.1, 0.15) is 45.2 Å². The molecule has 0 unspecified atom stereocenters. The minimum Gasteiger partial charge on any atom is -0.462 e. The molecule has 0 bridgehead atoms. The van der Waals surface area contributed by atoms with E-state index in [2.05, 4.69) is 17.1 Å². The van der Waals surface area contributed by atoms with E-state index in [4.69, 9.17) is 9.15 Å². The Kier molecular flexibility index (Phi) is 7.17. The summed E-state index contributed by atoms with van der Waals surface area (Å²) < 4.78 is 10.1. The number of rotatable bonds is 6. The van der Waals surface area contributed by atoms with Gasteiger partial charge in [-0.25, -0.2) is 4.79 Å². The van der Waals surface area contributed by atoms with E-state index in [-0.39, 0.29) is 24.8 Å². The zero-order valence-corrected chi connectivity index (χ0v) is 17.0. The molecule has 0 saturated carbocycles. The number of halogens is 1. The SMILES string of the molecule is CCOC(=O)c1c(NC(=O)c2ccc([N+](=O)[O-])o2)sc2c1CCN(CC)C2.Cl. The fraction of sp³-hybridized carbons (Fsp3) is 0.412. The third-order valence-corrected chi connectivity index (χ3v) is 5.42. The van der Waals surface area contributed by atoms with Crippen LogP contribution in [-0.2, 0) is 17.7 Å². The van der Waals surface area contributed by atoms with Gasteiger partial charge in [-0.2, -0.15) is 0 Å². The number of fused-ring (bicyclic) bond motifs is 1. The number of hydrogen-bond acceptors (Lipinski definition) is 8. The summed E-state index contributed by atoms with van der Waals surface area (Å²) in [5, 5.41) is 13.7. The Labute approximate surface area is 171 Å². The number of furan rings is 1. The van der Waals surface area contributed by atoms with Gasteiger partial charge in [0, 0.05) is 18.0 Å². The average Bonchev–Trinajstić information content (AvgIpc) is 3.26. The van der Waals surface area contributed by atoms with Crippen LogP contribution in [0, 0.1) is 10.1 Å². The summed E-state index contributed by atoms with van der Waals surface area (Å²) in [5.74, 6) is -1.85. The fourth-order valence-electron chi connectivity index (χ4n) is 2.95. The fourth-order valence-corrected chi connectivity index (χ4v) is 4.22. The topological polar surface area (TPSA) is 115 Å². The number of thiophene rings is 1. The van der Waals surface area contributed by atoms with Crippen molar-refractivity contribution in [3.05, 3.63) is 44.0 Å². The summed E-state index contributed by atoms with van der Waals surface area (Å²) >= 11 is 1.32. The molecule has 0 saturated heterocycles. The van der Waals surface area contributed by atoms with Crippen LogP contribution in [0.4, 0.5) is 10.9 Å². The highest BCUT2D eigenvalue weighted by Gasteiger charge is 2.30. The molecule has 1 aliphatic rings. The van der Waals surface area contributed by atoms with E-state index in [1.54, 1.807) is 6.92 Å². The highest BCUT2D eigenvalue weighted by atomic mass is 35.5. The monoisotopic (exact) mass is 429 g/mol. The van der Waals surface area contributed by atoms with E-state index in [1.165, 1.54) is 17.4 Å². The summed E-state index contributed by atoms with van der Waals surface area (Å²) in [5.41, 5.74) is 1.26. The molecule has 3 heterocycles. The Balaban J connectivity index is 0.00000280. The molecule has 2 aromatic rings. The number of nitrogens with zero attached hydrogens (tertiary/aromatic N) is 2. The van der Waals surface area contributed by atoms with Crippen LogP contribution in [0.5, 0.6) is 0 Å². The molecule has 0 atom stereocenters.